The van der Waals surface area contributed by atoms with Crippen LogP contribution >= 0.6 is 22.9 Å². The Bertz CT molecular complexity index is 1110. The molecular formula is C23H37ClN4O7S2. The Morgan fingerprint density at radius 3 is 2.14 bits per heavy atom. The minimum absolute atomic E-state index is 0.0275. The summed E-state index contributed by atoms with van der Waals surface area (Å²) in [5.41, 5.74) is -1.58. The number of ether oxygens (including phenoxy) is 2. The lowest BCUT2D eigenvalue weighted by atomic mass is 10.0. The fraction of sp³-hybridized carbons (Fsp3) is 0.652. The fourth-order valence-corrected chi connectivity index (χ4v) is 5.74. The van der Waals surface area contributed by atoms with Gasteiger partial charge in [-0.2, -0.15) is 0 Å². The zero-order valence-electron chi connectivity index (χ0n) is 22.7. The second-order valence-electron chi connectivity index (χ2n) is 10.7. The van der Waals surface area contributed by atoms with Crippen molar-refractivity contribution in [2.24, 2.45) is 10.3 Å². The second kappa shape index (κ2) is 12.9. The number of hydrogen-bond acceptors (Lipinski definition) is 8. The van der Waals surface area contributed by atoms with Crippen LogP contribution in [0.15, 0.2) is 20.0 Å². The highest BCUT2D eigenvalue weighted by Crippen LogP contribution is 2.25. The summed E-state index contributed by atoms with van der Waals surface area (Å²) in [6, 6.07) is 0.162. The Morgan fingerprint density at radius 1 is 1.11 bits per heavy atom. The Hall–Kier alpha value is -2.38. The van der Waals surface area contributed by atoms with Gasteiger partial charge in [0, 0.05) is 12.4 Å². The van der Waals surface area contributed by atoms with E-state index < -0.39 is 57.7 Å². The summed E-state index contributed by atoms with van der Waals surface area (Å²) in [6.07, 6.45) is -1.42. The highest BCUT2D eigenvalue weighted by molar-refractivity contribution is 7.94. The van der Waals surface area contributed by atoms with Crippen LogP contribution in [0.2, 0.25) is 5.02 Å². The third kappa shape index (κ3) is 12.1. The maximum atomic E-state index is 13.9. The molecule has 1 heterocycles. The standard InChI is InChI=1S/C23H37ClN4O7S2/c1-14(2)10-16(25-20(31)34-22(3,4)5)19(30)27-37(33,18-11-15(24)13-36-18)26-17(29)12-28(9)21(32)35-23(6,7)8/h11,13-14,16H,10,12H2,1-9H3,(H,25,31)(H,26,27,29,30,33)/t16-,37?/m0/s1. The fourth-order valence-electron chi connectivity index (χ4n) is 2.70. The molecule has 0 aliphatic rings. The number of thiophene rings is 1. The van der Waals surface area contributed by atoms with E-state index in [0.717, 1.165) is 16.2 Å². The molecule has 0 saturated heterocycles. The molecule has 0 spiro atoms. The predicted molar refractivity (Wildman–Crippen MR) is 143 cm³/mol. The SMILES string of the molecule is CC(C)C[C@H](NC(=O)OC(C)(C)C)C(=O)N=S(=O)(NC(=O)CN(C)C(=O)OC(C)(C)C)c1cc(Cl)cs1. The summed E-state index contributed by atoms with van der Waals surface area (Å²) < 4.78 is 30.4. The number of hydrogen-bond donors (Lipinski definition) is 2. The van der Waals surface area contributed by atoms with Gasteiger partial charge in [0.1, 0.15) is 28.0 Å². The summed E-state index contributed by atoms with van der Waals surface area (Å²) in [6.45, 7) is 13.2. The minimum atomic E-state index is -3.86. The van der Waals surface area contributed by atoms with Gasteiger partial charge in [-0.15, -0.1) is 15.7 Å². The number of alkyl carbamates (subject to hydrolysis) is 1. The van der Waals surface area contributed by atoms with Crippen LogP contribution in [0.5, 0.6) is 0 Å². The molecule has 0 radical (unpaired) electrons. The van der Waals surface area contributed by atoms with E-state index in [0.29, 0.717) is 0 Å². The van der Waals surface area contributed by atoms with Gasteiger partial charge < -0.3 is 19.7 Å². The van der Waals surface area contributed by atoms with E-state index in [1.807, 2.05) is 13.8 Å². The van der Waals surface area contributed by atoms with Crippen molar-refractivity contribution in [1.82, 2.24) is 14.9 Å². The molecule has 14 heteroatoms. The number of nitrogens with zero attached hydrogens (tertiary/aromatic N) is 2. The van der Waals surface area contributed by atoms with E-state index in [1.54, 1.807) is 41.5 Å². The van der Waals surface area contributed by atoms with Gasteiger partial charge in [0.25, 0.3) is 11.8 Å². The van der Waals surface area contributed by atoms with Crippen LogP contribution in [0.3, 0.4) is 0 Å². The molecule has 210 valence electrons. The minimum Gasteiger partial charge on any atom is -0.444 e. The van der Waals surface area contributed by atoms with Crippen molar-refractivity contribution in [3.63, 3.8) is 0 Å². The molecule has 2 N–H and O–H groups in total. The number of amides is 4. The first-order valence-corrected chi connectivity index (χ1v) is 14.3. The summed E-state index contributed by atoms with van der Waals surface area (Å²) >= 11 is 6.93. The van der Waals surface area contributed by atoms with Crippen molar-refractivity contribution in [3.05, 3.63) is 16.5 Å². The zero-order chi connectivity index (χ0) is 28.8. The average molecular weight is 581 g/mol. The molecule has 11 nitrogen and oxygen atoms in total. The maximum absolute atomic E-state index is 13.9. The number of halogens is 1. The van der Waals surface area contributed by atoms with Gasteiger partial charge in [-0.3, -0.25) is 14.3 Å². The Labute approximate surface area is 227 Å². The summed E-state index contributed by atoms with van der Waals surface area (Å²) in [7, 11) is -2.53. The van der Waals surface area contributed by atoms with Crippen molar-refractivity contribution in [2.75, 3.05) is 13.6 Å². The van der Waals surface area contributed by atoms with E-state index in [2.05, 4.69) is 14.4 Å². The van der Waals surface area contributed by atoms with Crippen LogP contribution in [-0.4, -0.2) is 63.9 Å². The molecule has 1 unspecified atom stereocenters. The molecule has 0 aliphatic heterocycles. The molecule has 0 bridgehead atoms. The van der Waals surface area contributed by atoms with Gasteiger partial charge in [-0.1, -0.05) is 25.4 Å². The van der Waals surface area contributed by atoms with E-state index in [1.165, 1.54) is 18.5 Å². The number of carbonyl (C=O) groups excluding carboxylic acids is 4. The highest BCUT2D eigenvalue weighted by Gasteiger charge is 2.29. The molecule has 2 atom stereocenters. The predicted octanol–water partition coefficient (Wildman–Crippen LogP) is 4.59. The monoisotopic (exact) mass is 580 g/mol. The van der Waals surface area contributed by atoms with Crippen molar-refractivity contribution < 1.29 is 32.9 Å². The van der Waals surface area contributed by atoms with E-state index in [9.17, 15) is 23.4 Å². The number of likely N-dealkylation sites (N-methyl/N-ethyl adjacent to an activating group) is 1. The first-order chi connectivity index (χ1) is 16.7. The lowest BCUT2D eigenvalue weighted by Crippen LogP contribution is -2.45. The highest BCUT2D eigenvalue weighted by atomic mass is 35.5. The van der Waals surface area contributed by atoms with Gasteiger partial charge in [-0.05, 0) is 59.9 Å². The molecule has 0 aliphatic carbocycles. The first kappa shape index (κ1) is 32.6. The molecule has 1 aromatic rings. The average Bonchev–Trinajstić information content (AvgIpc) is 3.11. The zero-order valence-corrected chi connectivity index (χ0v) is 25.1. The summed E-state index contributed by atoms with van der Waals surface area (Å²) in [4.78, 5) is 51.4. The van der Waals surface area contributed by atoms with Gasteiger partial charge >= 0.3 is 12.2 Å². The molecule has 0 saturated carbocycles. The van der Waals surface area contributed by atoms with Gasteiger partial charge in [0.05, 0.1) is 5.02 Å². The van der Waals surface area contributed by atoms with Gasteiger partial charge in [-0.25, -0.2) is 13.8 Å². The number of rotatable bonds is 8. The van der Waals surface area contributed by atoms with E-state index >= 15 is 0 Å². The number of nitrogens with one attached hydrogen (secondary N) is 2. The lowest BCUT2D eigenvalue weighted by molar-refractivity contribution is -0.120. The maximum Gasteiger partial charge on any atom is 0.410 e. The quantitative estimate of drug-likeness (QED) is 0.457. The van der Waals surface area contributed by atoms with E-state index in [4.69, 9.17) is 21.1 Å². The van der Waals surface area contributed by atoms with Crippen molar-refractivity contribution in [2.45, 2.75) is 83.3 Å². The largest absolute Gasteiger partial charge is 0.444 e. The van der Waals surface area contributed by atoms with Crippen molar-refractivity contribution in [3.8, 4) is 0 Å². The van der Waals surface area contributed by atoms with Crippen LogP contribution in [0.4, 0.5) is 9.59 Å². The molecule has 0 fully saturated rings. The Morgan fingerprint density at radius 2 is 1.68 bits per heavy atom. The molecule has 37 heavy (non-hydrogen) atoms. The molecular weight excluding hydrogens is 544 g/mol. The molecule has 4 amide bonds. The Kier molecular flexibility index (Phi) is 11.4. The third-order valence-corrected chi connectivity index (χ3v) is 7.71. The topological polar surface area (TPSA) is 143 Å². The smallest absolute Gasteiger partial charge is 0.410 e. The summed E-state index contributed by atoms with van der Waals surface area (Å²) in [5.74, 6) is -1.81. The normalized spacial score (nSPS) is 14.2. The van der Waals surface area contributed by atoms with Crippen LogP contribution < -0.4 is 10.0 Å². The van der Waals surface area contributed by atoms with Crippen LogP contribution in [0.25, 0.3) is 0 Å². The number of carbonyl (C=O) groups is 4. The first-order valence-electron chi connectivity index (χ1n) is 11.5. The van der Waals surface area contributed by atoms with Crippen LogP contribution in [0.1, 0.15) is 61.8 Å². The van der Waals surface area contributed by atoms with Crippen LogP contribution in [0, 0.1) is 5.92 Å². The summed E-state index contributed by atoms with van der Waals surface area (Å²) in [5, 5.41) is 4.18. The van der Waals surface area contributed by atoms with Crippen LogP contribution in [-0.2, 0) is 29.0 Å². The van der Waals surface area contributed by atoms with Crippen molar-refractivity contribution >= 4 is 56.9 Å². The van der Waals surface area contributed by atoms with Gasteiger partial charge in [0.15, 0.2) is 9.92 Å². The lowest BCUT2D eigenvalue weighted by Gasteiger charge is -2.24. The molecule has 1 rings (SSSR count). The second-order valence-corrected chi connectivity index (χ2v) is 14.2. The molecule has 0 aromatic carbocycles. The Balaban J connectivity index is 3.28. The third-order valence-electron chi connectivity index (χ3n) is 4.07. The van der Waals surface area contributed by atoms with E-state index in [-0.39, 0.29) is 21.6 Å². The van der Waals surface area contributed by atoms with Gasteiger partial charge in [0.2, 0.25) is 0 Å². The van der Waals surface area contributed by atoms with Crippen molar-refractivity contribution in [1.29, 1.82) is 0 Å². The molecule has 1 aromatic heterocycles.